The first-order valence-electron chi connectivity index (χ1n) is 7.04. The van der Waals surface area contributed by atoms with Crippen LogP contribution in [0.1, 0.15) is 28.3 Å². The molecule has 1 aliphatic heterocycles. The van der Waals surface area contributed by atoms with E-state index in [4.69, 9.17) is 0 Å². The fourth-order valence-corrected chi connectivity index (χ4v) is 2.72. The fourth-order valence-electron chi connectivity index (χ4n) is 2.72. The van der Waals surface area contributed by atoms with Gasteiger partial charge in [0.25, 0.3) is 0 Å². The average molecular weight is 307 g/mol. The van der Waals surface area contributed by atoms with Crippen molar-refractivity contribution in [2.75, 3.05) is 5.32 Å². The van der Waals surface area contributed by atoms with Crippen LogP contribution in [0.25, 0.3) is 0 Å². The van der Waals surface area contributed by atoms with Crippen LogP contribution in [0, 0.1) is 13.8 Å². The van der Waals surface area contributed by atoms with E-state index in [9.17, 15) is 13.2 Å². The van der Waals surface area contributed by atoms with Crippen molar-refractivity contribution in [2.45, 2.75) is 32.7 Å². The molecular formula is C17H16F3NO. The summed E-state index contributed by atoms with van der Waals surface area (Å²) in [4.78, 5) is 0. The van der Waals surface area contributed by atoms with E-state index in [0.717, 1.165) is 16.8 Å². The topological polar surface area (TPSA) is 21.3 Å². The van der Waals surface area contributed by atoms with Crippen LogP contribution in [0.15, 0.2) is 36.4 Å². The molecular weight excluding hydrogens is 291 g/mol. The molecule has 0 fully saturated rings. The number of nitrogens with one attached hydrogen (secondary N) is 1. The largest absolute Gasteiger partial charge is 0.573 e. The summed E-state index contributed by atoms with van der Waals surface area (Å²) in [6.07, 6.45) is -4.01. The van der Waals surface area contributed by atoms with Crippen LogP contribution in [0.5, 0.6) is 5.75 Å². The van der Waals surface area contributed by atoms with Crippen LogP contribution in [-0.2, 0) is 6.42 Å². The Morgan fingerprint density at radius 1 is 1.05 bits per heavy atom. The van der Waals surface area contributed by atoms with Gasteiger partial charge in [-0.2, -0.15) is 0 Å². The van der Waals surface area contributed by atoms with Gasteiger partial charge in [0.2, 0.25) is 0 Å². The Labute approximate surface area is 126 Å². The zero-order chi connectivity index (χ0) is 15.9. The number of hydrogen-bond acceptors (Lipinski definition) is 2. The maximum Gasteiger partial charge on any atom is 0.573 e. The minimum absolute atomic E-state index is 0.0791. The Kier molecular flexibility index (Phi) is 3.51. The second kappa shape index (κ2) is 5.23. The number of benzene rings is 2. The summed E-state index contributed by atoms with van der Waals surface area (Å²) in [6, 6.07) is 10.7. The van der Waals surface area contributed by atoms with Crippen molar-refractivity contribution < 1.29 is 17.9 Å². The van der Waals surface area contributed by atoms with Gasteiger partial charge >= 0.3 is 6.36 Å². The van der Waals surface area contributed by atoms with Crippen molar-refractivity contribution in [1.82, 2.24) is 0 Å². The molecule has 0 aliphatic carbocycles. The summed E-state index contributed by atoms with van der Waals surface area (Å²) in [5.74, 6) is -0.172. The number of rotatable bonds is 2. The summed E-state index contributed by atoms with van der Waals surface area (Å²) in [7, 11) is 0. The molecule has 1 aliphatic rings. The molecule has 1 heterocycles. The van der Waals surface area contributed by atoms with Crippen molar-refractivity contribution in [1.29, 1.82) is 0 Å². The molecule has 1 unspecified atom stereocenters. The lowest BCUT2D eigenvalue weighted by molar-refractivity contribution is -0.274. The van der Waals surface area contributed by atoms with E-state index >= 15 is 0 Å². The second-order valence-electron chi connectivity index (χ2n) is 5.61. The van der Waals surface area contributed by atoms with Crippen molar-refractivity contribution in [2.24, 2.45) is 0 Å². The minimum Gasteiger partial charge on any atom is -0.406 e. The van der Waals surface area contributed by atoms with Gasteiger partial charge < -0.3 is 10.1 Å². The molecule has 1 atom stereocenters. The monoisotopic (exact) mass is 307 g/mol. The van der Waals surface area contributed by atoms with Gasteiger partial charge in [-0.3, -0.25) is 0 Å². The molecule has 116 valence electrons. The summed E-state index contributed by atoms with van der Waals surface area (Å²) >= 11 is 0. The Hall–Kier alpha value is -2.17. The van der Waals surface area contributed by atoms with Crippen molar-refractivity contribution in [3.05, 3.63) is 58.7 Å². The fraction of sp³-hybridized carbons (Fsp3) is 0.294. The second-order valence-corrected chi connectivity index (χ2v) is 5.61. The summed E-state index contributed by atoms with van der Waals surface area (Å²) in [5, 5.41) is 3.35. The molecule has 3 rings (SSSR count). The number of alkyl halides is 3. The average Bonchev–Trinajstić information content (AvgIpc) is 2.83. The molecule has 2 nitrogen and oxygen atoms in total. The lowest BCUT2D eigenvalue weighted by Crippen LogP contribution is -2.17. The molecule has 5 heteroatoms. The Morgan fingerprint density at radius 3 is 2.50 bits per heavy atom. The molecule has 0 spiro atoms. The summed E-state index contributed by atoms with van der Waals surface area (Å²) in [5.41, 5.74) is 5.26. The maximum absolute atomic E-state index is 12.3. The molecule has 0 radical (unpaired) electrons. The van der Waals surface area contributed by atoms with Crippen LogP contribution in [-0.4, -0.2) is 6.36 Å². The SMILES string of the molecule is Cc1ccc(C2Cc3cc(OC(F)(F)F)ccc3N2)cc1C. The molecule has 0 saturated heterocycles. The summed E-state index contributed by atoms with van der Waals surface area (Å²) in [6.45, 7) is 4.10. The third-order valence-corrected chi connectivity index (χ3v) is 4.00. The highest BCUT2D eigenvalue weighted by molar-refractivity contribution is 5.60. The van der Waals surface area contributed by atoms with E-state index in [-0.39, 0.29) is 11.8 Å². The number of anilines is 1. The molecule has 0 saturated carbocycles. The van der Waals surface area contributed by atoms with E-state index in [0.29, 0.717) is 6.42 Å². The lowest BCUT2D eigenvalue weighted by Gasteiger charge is -2.13. The molecule has 0 amide bonds. The summed E-state index contributed by atoms with van der Waals surface area (Å²) < 4.78 is 40.8. The van der Waals surface area contributed by atoms with E-state index in [1.165, 1.54) is 23.3 Å². The lowest BCUT2D eigenvalue weighted by atomic mass is 9.99. The van der Waals surface area contributed by atoms with Gasteiger partial charge in [-0.25, -0.2) is 0 Å². The van der Waals surface area contributed by atoms with Crippen molar-refractivity contribution in [3.8, 4) is 5.75 Å². The van der Waals surface area contributed by atoms with Gasteiger partial charge in [-0.15, -0.1) is 13.2 Å². The van der Waals surface area contributed by atoms with Crippen LogP contribution in [0.4, 0.5) is 18.9 Å². The first kappa shape index (κ1) is 14.8. The Morgan fingerprint density at radius 2 is 1.82 bits per heavy atom. The van der Waals surface area contributed by atoms with E-state index in [1.807, 2.05) is 0 Å². The molecule has 2 aromatic carbocycles. The van der Waals surface area contributed by atoms with Crippen molar-refractivity contribution >= 4 is 5.69 Å². The number of fused-ring (bicyclic) bond motifs is 1. The van der Waals surface area contributed by atoms with E-state index in [1.54, 1.807) is 6.07 Å². The quantitative estimate of drug-likeness (QED) is 0.851. The molecule has 0 bridgehead atoms. The van der Waals surface area contributed by atoms with Gasteiger partial charge in [0.15, 0.2) is 0 Å². The Bertz CT molecular complexity index is 710. The number of halogens is 3. The standard InChI is InChI=1S/C17H16F3NO/c1-10-3-4-12(7-11(10)2)16-9-13-8-14(22-17(18,19)20)5-6-15(13)21-16/h3-8,16,21H,9H2,1-2H3. The third-order valence-electron chi connectivity index (χ3n) is 4.00. The smallest absolute Gasteiger partial charge is 0.406 e. The Balaban J connectivity index is 1.81. The molecule has 2 aromatic rings. The highest BCUT2D eigenvalue weighted by Gasteiger charge is 2.32. The van der Waals surface area contributed by atoms with Gasteiger partial charge in [0.05, 0.1) is 6.04 Å². The van der Waals surface area contributed by atoms with Crippen LogP contribution in [0.3, 0.4) is 0 Å². The van der Waals surface area contributed by atoms with Gasteiger partial charge in [0.1, 0.15) is 5.75 Å². The highest BCUT2D eigenvalue weighted by Crippen LogP contribution is 2.37. The highest BCUT2D eigenvalue weighted by atomic mass is 19.4. The third kappa shape index (κ3) is 3.03. The van der Waals surface area contributed by atoms with Crippen LogP contribution < -0.4 is 10.1 Å². The zero-order valence-corrected chi connectivity index (χ0v) is 12.3. The molecule has 0 aromatic heterocycles. The number of hydrogen-bond donors (Lipinski definition) is 1. The van der Waals surface area contributed by atoms with E-state index in [2.05, 4.69) is 42.1 Å². The molecule has 22 heavy (non-hydrogen) atoms. The predicted octanol–water partition coefficient (Wildman–Crippen LogP) is 4.91. The van der Waals surface area contributed by atoms with Crippen LogP contribution in [0.2, 0.25) is 0 Å². The number of aryl methyl sites for hydroxylation is 2. The minimum atomic E-state index is -4.66. The first-order valence-corrected chi connectivity index (χ1v) is 7.04. The van der Waals surface area contributed by atoms with Crippen LogP contribution >= 0.6 is 0 Å². The number of ether oxygens (including phenoxy) is 1. The molecule has 1 N–H and O–H groups in total. The van der Waals surface area contributed by atoms with Gasteiger partial charge in [-0.05, 0) is 60.7 Å². The maximum atomic E-state index is 12.3. The van der Waals surface area contributed by atoms with Gasteiger partial charge in [0, 0.05) is 5.69 Å². The first-order chi connectivity index (χ1) is 10.3. The normalized spacial score (nSPS) is 17.0. The van der Waals surface area contributed by atoms with Gasteiger partial charge in [-0.1, -0.05) is 18.2 Å². The van der Waals surface area contributed by atoms with E-state index < -0.39 is 6.36 Å². The van der Waals surface area contributed by atoms with Crippen molar-refractivity contribution in [3.63, 3.8) is 0 Å². The predicted molar refractivity (Wildman–Crippen MR) is 79.1 cm³/mol. The zero-order valence-electron chi connectivity index (χ0n) is 12.3.